The Labute approximate surface area is 450 Å². The summed E-state index contributed by atoms with van der Waals surface area (Å²) in [6.45, 7) is 1.24. The molecule has 7 amide bonds. The third kappa shape index (κ3) is 21.3. The topological polar surface area (TPSA) is 509 Å². The zero-order valence-electron chi connectivity index (χ0n) is 43.5. The summed E-state index contributed by atoms with van der Waals surface area (Å²) < 4.78 is 17.3. The molecule has 2 aliphatic heterocycles. The second-order valence-corrected chi connectivity index (χ2v) is 20.1. The first-order valence-electron chi connectivity index (χ1n) is 25.6. The van der Waals surface area contributed by atoms with E-state index in [0.29, 0.717) is 18.4 Å². The van der Waals surface area contributed by atoms with Crippen molar-refractivity contribution >= 4 is 83.8 Å². The van der Waals surface area contributed by atoms with E-state index in [-0.39, 0.29) is 115 Å². The Kier molecular flexibility index (Phi) is 24.8. The number of hydrogen-bond acceptors (Lipinski definition) is 13. The molecular weight excluding hydrogens is 1040 g/mol. The van der Waals surface area contributed by atoms with Crippen molar-refractivity contribution in [2.24, 2.45) is 22.9 Å². The fourth-order valence-electron chi connectivity index (χ4n) is 8.92. The van der Waals surface area contributed by atoms with Gasteiger partial charge < -0.3 is 90.8 Å². The molecule has 2 aliphatic rings. The van der Waals surface area contributed by atoms with Crippen molar-refractivity contribution in [3.05, 3.63) is 48.0 Å². The molecule has 2 aromatic rings. The van der Waals surface area contributed by atoms with E-state index in [1.165, 1.54) is 0 Å². The van der Waals surface area contributed by atoms with Crippen molar-refractivity contribution in [1.29, 1.82) is 21.6 Å². The Hall–Kier alpha value is -7.82. The van der Waals surface area contributed by atoms with Gasteiger partial charge in [0.2, 0.25) is 41.4 Å². The van der Waals surface area contributed by atoms with Gasteiger partial charge in [-0.25, -0.2) is 4.57 Å². The lowest BCUT2D eigenvalue weighted by Gasteiger charge is -2.39. The first kappa shape index (κ1) is 62.7. The van der Waals surface area contributed by atoms with Crippen LogP contribution < -0.4 is 76.1 Å². The maximum atomic E-state index is 14.9. The average molecular weight is 1110 g/mol. The number of fused-ring (bicyclic) bond motifs is 2. The van der Waals surface area contributed by atoms with Crippen LogP contribution in [0.15, 0.2) is 42.5 Å². The molecule has 2 heterocycles. The summed E-state index contributed by atoms with van der Waals surface area (Å²) in [7, 11) is -5.37. The number of carbonyl (C=O) groups excluding carboxylic acids is 7. The van der Waals surface area contributed by atoms with Gasteiger partial charge in [-0.05, 0) is 93.9 Å². The summed E-state index contributed by atoms with van der Waals surface area (Å²) in [5.74, 6) is -7.96. The van der Waals surface area contributed by atoms with Crippen LogP contribution in [0.1, 0.15) is 83.1 Å². The lowest BCUT2D eigenvalue weighted by atomic mass is 9.97. The maximum Gasteiger partial charge on any atom is 0.469 e. The standard InChI is InChI=1S/C47H76N19O11P/c1-26(77-78(74,75)76)36-43(73)66-23-5-4-16-35(66)42(72)64-34(25-27-17-18-28-10-2-3-11-29(28)24-27)41(71)63-32(14-8-21-58-46(52)53)39(69)61-30(12-6-19-56-44(48)49)37(67)60-31(13-7-20-57-45(50)51)38(68)62-33(40(70)65-36)15-9-22-59-47(54)55/h2-3,10-11,17-18,24,26,30-36H,4-9,12-16,19-23,25H2,1H3,(H,60,67)(H,61,69)(H,62,68)(H,63,71)(H,64,72)(H,65,70)(H4,48,49,56)(H4,50,51,57)(H4,52,53,58)(H4,54,55,59)(H2,74,75,76)/t26-,30?,31+,32?,33+,34?,35?,36?/m0/s1. The van der Waals surface area contributed by atoms with Crippen molar-refractivity contribution in [1.82, 2.24) is 58.1 Å². The normalized spacial score (nSPS) is 22.6. The van der Waals surface area contributed by atoms with Gasteiger partial charge in [-0.2, -0.15) is 0 Å². The highest BCUT2D eigenvalue weighted by Gasteiger charge is 2.42. The van der Waals surface area contributed by atoms with Crippen molar-refractivity contribution in [3.8, 4) is 0 Å². The van der Waals surface area contributed by atoms with Crippen molar-refractivity contribution in [3.63, 3.8) is 0 Å². The van der Waals surface area contributed by atoms with Gasteiger partial charge in [0, 0.05) is 39.1 Å². The summed E-state index contributed by atoms with van der Waals surface area (Å²) in [6, 6.07) is 2.26. The van der Waals surface area contributed by atoms with Crippen LogP contribution in [0.4, 0.5) is 0 Å². The van der Waals surface area contributed by atoms with Crippen LogP contribution >= 0.6 is 7.82 Å². The van der Waals surface area contributed by atoms with Crippen LogP contribution in [-0.4, -0.2) is 161 Å². The van der Waals surface area contributed by atoms with E-state index in [0.717, 1.165) is 22.6 Å². The number of phosphoric acid groups is 1. The molecule has 5 unspecified atom stereocenters. The molecule has 0 aliphatic carbocycles. The fraction of sp³-hybridized carbons (Fsp3) is 0.553. The molecule has 2 aromatic carbocycles. The minimum Gasteiger partial charge on any atom is -0.370 e. The molecule has 4 rings (SSSR count). The SMILES string of the molecule is C[C@H](OP(=O)(O)O)C1NC(=O)[C@@H](CCCNC(=N)N)NC(=O)[C@@H](CCCNC(=N)N)NC(=O)C(CCCNC(=N)N)NC(=O)C(CCCNC(=N)N)NC(=O)C(Cc2ccc3ccccc3c2)NC(=O)C2CCCCN2C1=O. The van der Waals surface area contributed by atoms with E-state index in [1.54, 1.807) is 6.07 Å². The van der Waals surface area contributed by atoms with Crippen LogP contribution in [0, 0.1) is 21.6 Å². The summed E-state index contributed by atoms with van der Waals surface area (Å²) in [6.07, 6.45) is -1.29. The molecule has 24 N–H and O–H groups in total. The van der Waals surface area contributed by atoms with E-state index < -0.39 is 104 Å². The minimum atomic E-state index is -5.37. The Morgan fingerprint density at radius 2 is 1.00 bits per heavy atom. The second-order valence-electron chi connectivity index (χ2n) is 19.0. The van der Waals surface area contributed by atoms with Gasteiger partial charge in [0.1, 0.15) is 42.3 Å². The van der Waals surface area contributed by atoms with E-state index in [1.807, 2.05) is 36.4 Å². The smallest absolute Gasteiger partial charge is 0.370 e. The van der Waals surface area contributed by atoms with Crippen molar-refractivity contribution in [2.75, 3.05) is 32.7 Å². The molecule has 430 valence electrons. The van der Waals surface area contributed by atoms with Crippen LogP contribution in [0.25, 0.3) is 10.8 Å². The molecule has 0 bridgehead atoms. The van der Waals surface area contributed by atoms with Crippen LogP contribution in [0.2, 0.25) is 0 Å². The zero-order valence-corrected chi connectivity index (χ0v) is 44.3. The molecule has 2 fully saturated rings. The molecule has 0 spiro atoms. The maximum absolute atomic E-state index is 14.9. The number of amides is 7. The molecule has 0 saturated carbocycles. The third-order valence-corrected chi connectivity index (χ3v) is 13.4. The Bertz CT molecular complexity index is 2530. The number of rotatable bonds is 21. The quantitative estimate of drug-likeness (QED) is 0.0247. The van der Waals surface area contributed by atoms with Crippen molar-refractivity contribution < 1.29 is 52.4 Å². The summed E-state index contributed by atoms with van der Waals surface area (Å²) in [4.78, 5) is 124. The van der Waals surface area contributed by atoms with Gasteiger partial charge in [0.05, 0.1) is 6.10 Å². The molecule has 0 aromatic heterocycles. The van der Waals surface area contributed by atoms with E-state index >= 15 is 0 Å². The highest BCUT2D eigenvalue weighted by atomic mass is 31.2. The minimum absolute atomic E-state index is 0.0177. The summed E-state index contributed by atoms with van der Waals surface area (Å²) in [5, 5.41) is 58.5. The molecule has 30 nitrogen and oxygen atoms in total. The van der Waals surface area contributed by atoms with E-state index in [9.17, 15) is 47.9 Å². The molecular formula is C47H76N19O11P. The Balaban J connectivity index is 1.91. The Morgan fingerprint density at radius 3 is 1.42 bits per heavy atom. The lowest BCUT2D eigenvalue weighted by molar-refractivity contribution is -0.148. The number of piperidine rings is 1. The predicted octanol–water partition coefficient (Wildman–Crippen LogP) is -3.76. The number of nitrogens with zero attached hydrogens (tertiary/aromatic N) is 1. The Morgan fingerprint density at radius 1 is 0.603 bits per heavy atom. The van der Waals surface area contributed by atoms with Gasteiger partial charge in [-0.3, -0.25) is 59.7 Å². The second kappa shape index (κ2) is 30.8. The zero-order chi connectivity index (χ0) is 57.5. The highest BCUT2D eigenvalue weighted by Crippen LogP contribution is 2.38. The molecule has 78 heavy (non-hydrogen) atoms. The van der Waals surface area contributed by atoms with Gasteiger partial charge in [0.25, 0.3) is 0 Å². The molecule has 2 saturated heterocycles. The number of nitrogens with two attached hydrogens (primary N) is 4. The van der Waals surface area contributed by atoms with Gasteiger partial charge in [-0.1, -0.05) is 42.5 Å². The van der Waals surface area contributed by atoms with E-state index in [2.05, 4.69) is 53.2 Å². The summed E-state index contributed by atoms with van der Waals surface area (Å²) >= 11 is 0. The first-order chi connectivity index (χ1) is 36.9. The summed E-state index contributed by atoms with van der Waals surface area (Å²) in [5.41, 5.74) is 22.6. The van der Waals surface area contributed by atoms with Gasteiger partial charge in [0.15, 0.2) is 23.8 Å². The molecule has 8 atom stereocenters. The molecule has 31 heteroatoms. The van der Waals surface area contributed by atoms with Crippen LogP contribution in [0.5, 0.6) is 0 Å². The van der Waals surface area contributed by atoms with Gasteiger partial charge in [-0.15, -0.1) is 0 Å². The van der Waals surface area contributed by atoms with Crippen LogP contribution in [-0.2, 0) is 49.1 Å². The largest absolute Gasteiger partial charge is 0.469 e. The lowest BCUT2D eigenvalue weighted by Crippen LogP contribution is -2.63. The number of benzene rings is 2. The number of hydrogen-bond donors (Lipinski definition) is 20. The average Bonchev–Trinajstić information content (AvgIpc) is 3.39. The van der Waals surface area contributed by atoms with E-state index in [4.69, 9.17) is 49.1 Å². The van der Waals surface area contributed by atoms with Crippen molar-refractivity contribution in [2.45, 2.75) is 132 Å². The monoisotopic (exact) mass is 1110 g/mol. The highest BCUT2D eigenvalue weighted by molar-refractivity contribution is 7.46. The number of nitrogens with one attached hydrogen (secondary N) is 14. The fourth-order valence-corrected chi connectivity index (χ4v) is 9.47. The number of phosphoric ester groups is 1. The molecule has 0 radical (unpaired) electrons. The predicted molar refractivity (Wildman–Crippen MR) is 288 cm³/mol. The number of carbonyl (C=O) groups is 7. The first-order valence-corrected chi connectivity index (χ1v) is 27.1. The van der Waals surface area contributed by atoms with Gasteiger partial charge >= 0.3 is 7.82 Å². The number of guanidine groups is 4. The third-order valence-electron chi connectivity index (χ3n) is 12.8. The van der Waals surface area contributed by atoms with Crippen LogP contribution in [0.3, 0.4) is 0 Å².